The van der Waals surface area contributed by atoms with Crippen LogP contribution >= 0.6 is 35.6 Å². The van der Waals surface area contributed by atoms with Gasteiger partial charge >= 0.3 is 0 Å². The van der Waals surface area contributed by atoms with Gasteiger partial charge in [-0.1, -0.05) is 23.2 Å². The Morgan fingerprint density at radius 1 is 1.09 bits per heavy atom. The first-order chi connectivity index (χ1) is 10.0. The van der Waals surface area contributed by atoms with Crippen LogP contribution in [0.3, 0.4) is 0 Å². The van der Waals surface area contributed by atoms with Crippen molar-refractivity contribution >= 4 is 41.5 Å². The van der Waals surface area contributed by atoms with E-state index in [2.05, 4.69) is 5.32 Å². The minimum atomic E-state index is 0. The van der Waals surface area contributed by atoms with Gasteiger partial charge in [-0.15, -0.1) is 12.4 Å². The standard InChI is InChI=1S/C16H20Cl2N2O.ClH/c17-10-5-9(6-11(18)7-10)14-8-15(14)16(21)20-13-3-1-12(19)2-4-13;/h5-7,12-15H,1-4,8,19H2,(H,20,21);1H. The van der Waals surface area contributed by atoms with Gasteiger partial charge in [0.25, 0.3) is 0 Å². The second-order valence-electron chi connectivity index (χ2n) is 6.27. The number of carbonyl (C=O) groups is 1. The van der Waals surface area contributed by atoms with Crippen molar-refractivity contribution in [3.05, 3.63) is 33.8 Å². The summed E-state index contributed by atoms with van der Waals surface area (Å²) in [7, 11) is 0. The van der Waals surface area contributed by atoms with E-state index in [-0.39, 0.29) is 30.2 Å². The van der Waals surface area contributed by atoms with E-state index in [9.17, 15) is 4.79 Å². The van der Waals surface area contributed by atoms with Crippen molar-refractivity contribution in [1.29, 1.82) is 0 Å². The Kier molecular flexibility index (Phi) is 6.00. The van der Waals surface area contributed by atoms with E-state index in [0.717, 1.165) is 37.7 Å². The number of nitrogens with one attached hydrogen (secondary N) is 1. The molecule has 0 bridgehead atoms. The third kappa shape index (κ3) is 4.29. The van der Waals surface area contributed by atoms with Crippen LogP contribution in [0.4, 0.5) is 0 Å². The molecule has 2 unspecified atom stereocenters. The van der Waals surface area contributed by atoms with Crippen LogP contribution in [0.1, 0.15) is 43.6 Å². The van der Waals surface area contributed by atoms with Crippen molar-refractivity contribution in [2.75, 3.05) is 0 Å². The topological polar surface area (TPSA) is 55.1 Å². The van der Waals surface area contributed by atoms with E-state index in [4.69, 9.17) is 28.9 Å². The highest BCUT2D eigenvalue weighted by molar-refractivity contribution is 6.34. The zero-order valence-corrected chi connectivity index (χ0v) is 14.6. The molecule has 2 atom stereocenters. The molecule has 3 rings (SSSR count). The van der Waals surface area contributed by atoms with Crippen LogP contribution < -0.4 is 11.1 Å². The highest BCUT2D eigenvalue weighted by Gasteiger charge is 2.44. The van der Waals surface area contributed by atoms with Crippen molar-refractivity contribution in [2.24, 2.45) is 11.7 Å². The number of carbonyl (C=O) groups excluding carboxylic acids is 1. The molecular weight excluding hydrogens is 343 g/mol. The van der Waals surface area contributed by atoms with E-state index in [1.54, 1.807) is 6.07 Å². The summed E-state index contributed by atoms with van der Waals surface area (Å²) >= 11 is 12.0. The molecule has 0 spiro atoms. The summed E-state index contributed by atoms with van der Waals surface area (Å²) in [4.78, 5) is 12.3. The molecular formula is C16H21Cl3N2O. The van der Waals surface area contributed by atoms with E-state index < -0.39 is 0 Å². The fourth-order valence-electron chi connectivity index (χ4n) is 3.21. The molecule has 6 heteroatoms. The van der Waals surface area contributed by atoms with Crippen molar-refractivity contribution in [3.63, 3.8) is 0 Å². The minimum Gasteiger partial charge on any atom is -0.353 e. The second kappa shape index (κ2) is 7.39. The number of rotatable bonds is 3. The molecule has 0 aromatic heterocycles. The van der Waals surface area contributed by atoms with Gasteiger partial charge in [0, 0.05) is 28.0 Å². The second-order valence-corrected chi connectivity index (χ2v) is 7.14. The molecule has 3 N–H and O–H groups in total. The quantitative estimate of drug-likeness (QED) is 0.855. The molecule has 0 radical (unpaired) electrons. The van der Waals surface area contributed by atoms with Gasteiger partial charge < -0.3 is 11.1 Å². The van der Waals surface area contributed by atoms with Gasteiger partial charge in [0.05, 0.1) is 0 Å². The largest absolute Gasteiger partial charge is 0.353 e. The van der Waals surface area contributed by atoms with Gasteiger partial charge in [-0.05, 0) is 61.8 Å². The maximum Gasteiger partial charge on any atom is 0.223 e. The zero-order chi connectivity index (χ0) is 15.0. The summed E-state index contributed by atoms with van der Waals surface area (Å²) in [6.07, 6.45) is 4.88. The zero-order valence-electron chi connectivity index (χ0n) is 12.2. The van der Waals surface area contributed by atoms with Crippen LogP contribution in [0.25, 0.3) is 0 Å². The molecule has 2 aliphatic rings. The predicted molar refractivity (Wildman–Crippen MR) is 92.9 cm³/mol. The number of halogens is 3. The Balaban J connectivity index is 0.00000176. The highest BCUT2D eigenvalue weighted by atomic mass is 35.5. The number of hydrogen-bond acceptors (Lipinski definition) is 2. The Morgan fingerprint density at radius 3 is 2.27 bits per heavy atom. The first kappa shape index (κ1) is 17.9. The molecule has 0 heterocycles. The van der Waals surface area contributed by atoms with E-state index in [0.29, 0.717) is 22.1 Å². The minimum absolute atomic E-state index is 0. The van der Waals surface area contributed by atoms with Crippen LogP contribution in [0, 0.1) is 5.92 Å². The molecule has 122 valence electrons. The summed E-state index contributed by atoms with van der Waals surface area (Å²) in [5.74, 6) is 0.485. The molecule has 3 nitrogen and oxygen atoms in total. The fraction of sp³-hybridized carbons (Fsp3) is 0.562. The van der Waals surface area contributed by atoms with Crippen molar-refractivity contribution in [3.8, 4) is 0 Å². The third-order valence-electron chi connectivity index (χ3n) is 4.56. The Bertz CT molecular complexity index is 524. The predicted octanol–water partition coefficient (Wildman–Crippen LogP) is 3.90. The summed E-state index contributed by atoms with van der Waals surface area (Å²) in [5, 5.41) is 4.43. The van der Waals surface area contributed by atoms with Gasteiger partial charge in [0.1, 0.15) is 0 Å². The van der Waals surface area contributed by atoms with E-state index in [1.165, 1.54) is 0 Å². The summed E-state index contributed by atoms with van der Waals surface area (Å²) < 4.78 is 0. The van der Waals surface area contributed by atoms with Crippen molar-refractivity contribution in [1.82, 2.24) is 5.32 Å². The van der Waals surface area contributed by atoms with Gasteiger partial charge in [-0.3, -0.25) is 4.79 Å². The maximum atomic E-state index is 12.3. The number of benzene rings is 1. The molecule has 2 aliphatic carbocycles. The van der Waals surface area contributed by atoms with Crippen LogP contribution in [-0.4, -0.2) is 18.0 Å². The molecule has 1 amide bonds. The Hall–Kier alpha value is -0.480. The van der Waals surface area contributed by atoms with Crippen molar-refractivity contribution in [2.45, 2.75) is 50.1 Å². The molecule has 1 aromatic carbocycles. The third-order valence-corrected chi connectivity index (χ3v) is 4.99. The fourth-order valence-corrected chi connectivity index (χ4v) is 3.76. The molecule has 0 aliphatic heterocycles. The average Bonchev–Trinajstić information content (AvgIpc) is 3.20. The van der Waals surface area contributed by atoms with Gasteiger partial charge in [0.15, 0.2) is 0 Å². The van der Waals surface area contributed by atoms with Crippen molar-refractivity contribution < 1.29 is 4.79 Å². The summed E-state index contributed by atoms with van der Waals surface area (Å²) in [6.45, 7) is 0. The van der Waals surface area contributed by atoms with E-state index in [1.807, 2.05) is 12.1 Å². The number of amides is 1. The van der Waals surface area contributed by atoms with E-state index >= 15 is 0 Å². The smallest absolute Gasteiger partial charge is 0.223 e. The highest BCUT2D eigenvalue weighted by Crippen LogP contribution is 2.48. The molecule has 2 saturated carbocycles. The lowest BCUT2D eigenvalue weighted by Crippen LogP contribution is -2.41. The first-order valence-electron chi connectivity index (χ1n) is 7.55. The first-order valence-corrected chi connectivity index (χ1v) is 8.30. The SMILES string of the molecule is Cl.NC1CCC(NC(=O)C2CC2c2cc(Cl)cc(Cl)c2)CC1. The van der Waals surface area contributed by atoms with Crippen LogP contribution in [-0.2, 0) is 4.79 Å². The van der Waals surface area contributed by atoms with Crippen LogP contribution in [0.15, 0.2) is 18.2 Å². The number of hydrogen-bond donors (Lipinski definition) is 2. The molecule has 0 saturated heterocycles. The normalized spacial score (nSPS) is 30.3. The summed E-state index contributed by atoms with van der Waals surface area (Å²) in [6, 6.07) is 6.13. The van der Waals surface area contributed by atoms with Gasteiger partial charge in [-0.2, -0.15) is 0 Å². The molecule has 22 heavy (non-hydrogen) atoms. The molecule has 2 fully saturated rings. The maximum absolute atomic E-state index is 12.3. The lowest BCUT2D eigenvalue weighted by Gasteiger charge is -2.26. The summed E-state index contributed by atoms with van der Waals surface area (Å²) in [5.41, 5.74) is 6.96. The van der Waals surface area contributed by atoms with Crippen LogP contribution in [0.2, 0.25) is 10.0 Å². The Morgan fingerprint density at radius 2 is 1.68 bits per heavy atom. The van der Waals surface area contributed by atoms with Gasteiger partial charge in [-0.25, -0.2) is 0 Å². The average molecular weight is 364 g/mol. The Labute approximate surface area is 147 Å². The van der Waals surface area contributed by atoms with Gasteiger partial charge in [0.2, 0.25) is 5.91 Å². The van der Waals surface area contributed by atoms with Crippen LogP contribution in [0.5, 0.6) is 0 Å². The monoisotopic (exact) mass is 362 g/mol. The lowest BCUT2D eigenvalue weighted by molar-refractivity contribution is -0.123. The lowest BCUT2D eigenvalue weighted by atomic mass is 9.91. The number of nitrogens with two attached hydrogens (primary N) is 1. The molecule has 1 aromatic rings.